The summed E-state index contributed by atoms with van der Waals surface area (Å²) in [4.78, 5) is 16.9. The third kappa shape index (κ3) is 4.14. The van der Waals surface area contributed by atoms with Crippen LogP contribution >= 0.6 is 0 Å². The van der Waals surface area contributed by atoms with Gasteiger partial charge in [-0.15, -0.1) is 0 Å². The second kappa shape index (κ2) is 8.83. The van der Waals surface area contributed by atoms with Gasteiger partial charge in [0.15, 0.2) is 11.5 Å². The first kappa shape index (κ1) is 19.8. The van der Waals surface area contributed by atoms with E-state index < -0.39 is 0 Å². The van der Waals surface area contributed by atoms with Crippen molar-refractivity contribution < 1.29 is 14.3 Å². The van der Waals surface area contributed by atoms with Crippen molar-refractivity contribution in [1.82, 2.24) is 4.90 Å². The van der Waals surface area contributed by atoms with E-state index in [2.05, 4.69) is 36.9 Å². The van der Waals surface area contributed by atoms with Crippen LogP contribution in [0.5, 0.6) is 11.5 Å². The van der Waals surface area contributed by atoms with Crippen molar-refractivity contribution in [2.75, 3.05) is 45.3 Å². The second-order valence-electron chi connectivity index (χ2n) is 6.95. The number of carbonyl (C=O) groups excluding carboxylic acids is 1. The Bertz CT molecular complexity index is 868. The predicted octanol–water partition coefficient (Wildman–Crippen LogP) is 3.68. The summed E-state index contributed by atoms with van der Waals surface area (Å²) < 4.78 is 10.7. The number of piperazine rings is 1. The minimum Gasteiger partial charge on any atom is -0.493 e. The van der Waals surface area contributed by atoms with Crippen molar-refractivity contribution in [3.63, 3.8) is 0 Å². The molecule has 0 atom stereocenters. The Morgan fingerprint density at radius 2 is 1.68 bits per heavy atom. The van der Waals surface area contributed by atoms with E-state index in [4.69, 9.17) is 9.47 Å². The summed E-state index contributed by atoms with van der Waals surface area (Å²) in [5.74, 6) is 1.30. The number of methoxy groups -OCH3 is 2. The maximum Gasteiger partial charge on any atom is 0.246 e. The van der Waals surface area contributed by atoms with Crippen LogP contribution in [0.15, 0.2) is 42.5 Å². The van der Waals surface area contributed by atoms with Gasteiger partial charge in [0.1, 0.15) is 0 Å². The largest absolute Gasteiger partial charge is 0.493 e. The Morgan fingerprint density at radius 3 is 2.36 bits per heavy atom. The van der Waals surface area contributed by atoms with Gasteiger partial charge in [-0.3, -0.25) is 4.79 Å². The summed E-state index contributed by atoms with van der Waals surface area (Å²) in [6.07, 6.45) is 3.41. The van der Waals surface area contributed by atoms with E-state index in [1.807, 2.05) is 23.1 Å². The number of aryl methyl sites for hydroxylation is 1. The van der Waals surface area contributed by atoms with Crippen LogP contribution in [0.25, 0.3) is 6.08 Å². The van der Waals surface area contributed by atoms with Gasteiger partial charge < -0.3 is 19.3 Å². The molecule has 0 aliphatic carbocycles. The van der Waals surface area contributed by atoms with E-state index >= 15 is 0 Å². The summed E-state index contributed by atoms with van der Waals surface area (Å²) in [5.41, 5.74) is 4.70. The highest BCUT2D eigenvalue weighted by Crippen LogP contribution is 2.31. The summed E-state index contributed by atoms with van der Waals surface area (Å²) >= 11 is 0. The lowest BCUT2D eigenvalue weighted by Crippen LogP contribution is -2.48. The lowest BCUT2D eigenvalue weighted by Gasteiger charge is -2.36. The highest BCUT2D eigenvalue weighted by molar-refractivity contribution is 5.92. The Kier molecular flexibility index (Phi) is 6.24. The molecule has 5 nitrogen and oxygen atoms in total. The van der Waals surface area contributed by atoms with Crippen molar-refractivity contribution in [3.05, 3.63) is 59.2 Å². The number of benzene rings is 2. The summed E-state index contributed by atoms with van der Waals surface area (Å²) in [7, 11) is 3.20. The van der Waals surface area contributed by atoms with Crippen molar-refractivity contribution in [2.45, 2.75) is 13.8 Å². The van der Waals surface area contributed by atoms with Gasteiger partial charge in [0.25, 0.3) is 0 Å². The number of hydrogen-bond donors (Lipinski definition) is 0. The molecule has 0 spiro atoms. The van der Waals surface area contributed by atoms with Gasteiger partial charge in [-0.05, 0) is 43.2 Å². The number of ether oxygens (including phenoxy) is 2. The molecule has 0 N–H and O–H groups in total. The Hall–Kier alpha value is -2.95. The highest BCUT2D eigenvalue weighted by atomic mass is 16.5. The summed E-state index contributed by atoms with van der Waals surface area (Å²) in [6, 6.07) is 12.0. The monoisotopic (exact) mass is 380 g/mol. The van der Waals surface area contributed by atoms with E-state index in [9.17, 15) is 4.79 Å². The first-order valence-electron chi connectivity index (χ1n) is 9.54. The molecule has 0 saturated carbocycles. The molecule has 2 aromatic rings. The molecule has 0 aromatic heterocycles. The van der Waals surface area contributed by atoms with E-state index in [0.29, 0.717) is 24.6 Å². The molecule has 0 radical (unpaired) electrons. The molecule has 1 heterocycles. The third-order valence-electron chi connectivity index (χ3n) is 5.35. The van der Waals surface area contributed by atoms with Gasteiger partial charge in [0.05, 0.1) is 14.2 Å². The van der Waals surface area contributed by atoms with Gasteiger partial charge in [-0.2, -0.15) is 0 Å². The zero-order valence-corrected chi connectivity index (χ0v) is 17.1. The number of carbonyl (C=O) groups is 1. The average Bonchev–Trinajstić information content (AvgIpc) is 2.73. The van der Waals surface area contributed by atoms with Gasteiger partial charge >= 0.3 is 0 Å². The van der Waals surface area contributed by atoms with Gasteiger partial charge in [0, 0.05) is 43.5 Å². The van der Waals surface area contributed by atoms with Crippen LogP contribution in [-0.4, -0.2) is 51.2 Å². The molecular formula is C23H28N2O3. The molecule has 0 bridgehead atoms. The quantitative estimate of drug-likeness (QED) is 0.742. The molecule has 3 rings (SSSR count). The molecule has 5 heteroatoms. The fourth-order valence-electron chi connectivity index (χ4n) is 3.56. The number of hydrogen-bond acceptors (Lipinski definition) is 4. The highest BCUT2D eigenvalue weighted by Gasteiger charge is 2.21. The van der Waals surface area contributed by atoms with Gasteiger partial charge in [-0.1, -0.05) is 24.3 Å². The number of nitrogens with zero attached hydrogens (tertiary/aromatic N) is 2. The van der Waals surface area contributed by atoms with Crippen LogP contribution in [0.2, 0.25) is 0 Å². The van der Waals surface area contributed by atoms with Crippen LogP contribution in [0.1, 0.15) is 16.7 Å². The molecule has 28 heavy (non-hydrogen) atoms. The molecule has 1 saturated heterocycles. The number of para-hydroxylation sites is 1. The molecule has 1 amide bonds. The van der Waals surface area contributed by atoms with E-state index in [1.54, 1.807) is 26.4 Å². The molecule has 0 unspecified atom stereocenters. The van der Waals surface area contributed by atoms with Crippen molar-refractivity contribution in [1.29, 1.82) is 0 Å². The Labute approximate surface area is 167 Å². The van der Waals surface area contributed by atoms with Crippen LogP contribution in [0, 0.1) is 13.8 Å². The average molecular weight is 380 g/mol. The maximum atomic E-state index is 12.6. The van der Waals surface area contributed by atoms with E-state index in [1.165, 1.54) is 16.8 Å². The van der Waals surface area contributed by atoms with E-state index in [-0.39, 0.29) is 5.91 Å². The first-order chi connectivity index (χ1) is 13.5. The number of rotatable bonds is 5. The van der Waals surface area contributed by atoms with Crippen LogP contribution in [0.4, 0.5) is 5.69 Å². The SMILES string of the molecule is COc1cccc(/C=C/C(=O)N2CCN(c3cccc(C)c3C)CC2)c1OC. The zero-order chi connectivity index (χ0) is 20.1. The fourth-order valence-corrected chi connectivity index (χ4v) is 3.56. The molecule has 1 aliphatic heterocycles. The number of anilines is 1. The topological polar surface area (TPSA) is 42.0 Å². The molecule has 1 fully saturated rings. The molecule has 2 aromatic carbocycles. The predicted molar refractivity (Wildman–Crippen MR) is 113 cm³/mol. The fraction of sp³-hybridized carbons (Fsp3) is 0.348. The van der Waals surface area contributed by atoms with Crippen molar-refractivity contribution in [2.24, 2.45) is 0 Å². The van der Waals surface area contributed by atoms with Crippen LogP contribution < -0.4 is 14.4 Å². The normalized spacial score (nSPS) is 14.4. The summed E-state index contributed by atoms with van der Waals surface area (Å²) in [6.45, 7) is 7.40. The zero-order valence-electron chi connectivity index (χ0n) is 17.1. The van der Waals surface area contributed by atoms with Crippen molar-refractivity contribution in [3.8, 4) is 11.5 Å². The lowest BCUT2D eigenvalue weighted by molar-refractivity contribution is -0.126. The Balaban J connectivity index is 1.64. The standard InChI is InChI=1S/C23H28N2O3/c1-17-7-5-9-20(18(17)2)24-13-15-25(16-14-24)22(26)12-11-19-8-6-10-21(27-3)23(19)28-4/h5-12H,13-16H2,1-4H3/b12-11+. The van der Waals surface area contributed by atoms with Gasteiger partial charge in [0.2, 0.25) is 5.91 Å². The molecule has 1 aliphatic rings. The molecule has 148 valence electrons. The van der Waals surface area contributed by atoms with Crippen molar-refractivity contribution >= 4 is 17.7 Å². The van der Waals surface area contributed by atoms with Crippen LogP contribution in [-0.2, 0) is 4.79 Å². The first-order valence-corrected chi connectivity index (χ1v) is 9.54. The Morgan fingerprint density at radius 1 is 0.964 bits per heavy atom. The van der Waals surface area contributed by atoms with Gasteiger partial charge in [-0.25, -0.2) is 0 Å². The smallest absolute Gasteiger partial charge is 0.246 e. The lowest BCUT2D eigenvalue weighted by atomic mass is 10.1. The maximum absolute atomic E-state index is 12.6. The molecular weight excluding hydrogens is 352 g/mol. The van der Waals surface area contributed by atoms with Crippen LogP contribution in [0.3, 0.4) is 0 Å². The minimum atomic E-state index is 0.0190. The van der Waals surface area contributed by atoms with E-state index in [0.717, 1.165) is 18.7 Å². The second-order valence-corrected chi connectivity index (χ2v) is 6.95. The third-order valence-corrected chi connectivity index (χ3v) is 5.35. The minimum absolute atomic E-state index is 0.0190. The summed E-state index contributed by atoms with van der Waals surface area (Å²) in [5, 5.41) is 0. The number of amides is 1.